The van der Waals surface area contributed by atoms with Crippen LogP contribution in [0.5, 0.6) is 11.5 Å². The highest BCUT2D eigenvalue weighted by molar-refractivity contribution is 6.30. The predicted octanol–water partition coefficient (Wildman–Crippen LogP) is 2.37. The molecule has 0 heterocycles. The van der Waals surface area contributed by atoms with Crippen LogP contribution in [-0.2, 0) is 16.0 Å². The monoisotopic (exact) mass is 340 g/mol. The van der Waals surface area contributed by atoms with Gasteiger partial charge in [0.2, 0.25) is 0 Å². The van der Waals surface area contributed by atoms with Gasteiger partial charge in [-0.1, -0.05) is 24.3 Å². The fraction of sp³-hybridized carbons (Fsp3) is 0.211. The van der Waals surface area contributed by atoms with Gasteiger partial charge in [-0.2, -0.15) is 0 Å². The number of aromatic hydroxyl groups is 2. The SMILES string of the molecule is CCOC(=O)CCc1cc(O)c2c(c1O)C(=O)c1ccccc1C2=O. The topological polar surface area (TPSA) is 101 Å². The van der Waals surface area contributed by atoms with Crippen LogP contribution in [0.2, 0.25) is 0 Å². The molecule has 0 saturated heterocycles. The van der Waals surface area contributed by atoms with E-state index in [0.717, 1.165) is 0 Å². The lowest BCUT2D eigenvalue weighted by atomic mass is 9.81. The molecule has 2 aromatic carbocycles. The zero-order valence-electron chi connectivity index (χ0n) is 13.5. The van der Waals surface area contributed by atoms with E-state index in [1.165, 1.54) is 18.2 Å². The summed E-state index contributed by atoms with van der Waals surface area (Å²) in [4.78, 5) is 36.8. The second-order valence-corrected chi connectivity index (χ2v) is 5.66. The van der Waals surface area contributed by atoms with Crippen molar-refractivity contribution in [3.63, 3.8) is 0 Å². The van der Waals surface area contributed by atoms with E-state index in [1.807, 2.05) is 0 Å². The van der Waals surface area contributed by atoms with E-state index in [-0.39, 0.29) is 58.8 Å². The van der Waals surface area contributed by atoms with Crippen LogP contribution >= 0.6 is 0 Å². The Labute approximate surface area is 143 Å². The molecule has 0 atom stereocenters. The minimum atomic E-state index is -0.531. The molecule has 0 amide bonds. The number of carbonyl (C=O) groups is 3. The molecule has 6 heteroatoms. The Morgan fingerprint density at radius 2 is 1.64 bits per heavy atom. The molecule has 0 saturated carbocycles. The molecule has 0 bridgehead atoms. The zero-order chi connectivity index (χ0) is 18.1. The highest BCUT2D eigenvalue weighted by atomic mass is 16.5. The number of aryl methyl sites for hydroxylation is 1. The number of hydrogen-bond acceptors (Lipinski definition) is 6. The molecule has 0 radical (unpaired) electrons. The Hall–Kier alpha value is -3.15. The molecule has 128 valence electrons. The highest BCUT2D eigenvalue weighted by Gasteiger charge is 2.35. The molecular weight excluding hydrogens is 324 g/mol. The maximum absolute atomic E-state index is 12.7. The van der Waals surface area contributed by atoms with Gasteiger partial charge in [0.15, 0.2) is 11.6 Å². The van der Waals surface area contributed by atoms with Gasteiger partial charge >= 0.3 is 5.97 Å². The first-order valence-electron chi connectivity index (χ1n) is 7.87. The van der Waals surface area contributed by atoms with Crippen LogP contribution in [-0.4, -0.2) is 34.4 Å². The van der Waals surface area contributed by atoms with Crippen molar-refractivity contribution in [2.45, 2.75) is 19.8 Å². The standard InChI is InChI=1S/C19H16O6/c1-2-25-14(21)8-7-10-9-13(20)15-16(17(10)22)19(24)12-6-4-3-5-11(12)18(15)23/h3-6,9,20,22H,2,7-8H2,1H3. The molecule has 3 rings (SSSR count). The number of phenolic OH excluding ortho intramolecular Hbond substituents is 2. The Morgan fingerprint density at radius 3 is 2.24 bits per heavy atom. The summed E-state index contributed by atoms with van der Waals surface area (Å²) in [5.74, 6) is -2.28. The highest BCUT2D eigenvalue weighted by Crippen LogP contribution is 2.40. The molecule has 25 heavy (non-hydrogen) atoms. The average molecular weight is 340 g/mol. The number of ether oxygens (including phenoxy) is 1. The Bertz CT molecular complexity index is 897. The minimum absolute atomic E-state index is 0.0155. The van der Waals surface area contributed by atoms with Gasteiger partial charge in [-0.25, -0.2) is 0 Å². The Balaban J connectivity index is 2.06. The number of ketones is 2. The van der Waals surface area contributed by atoms with Gasteiger partial charge in [0.25, 0.3) is 0 Å². The van der Waals surface area contributed by atoms with Gasteiger partial charge in [-0.3, -0.25) is 14.4 Å². The second-order valence-electron chi connectivity index (χ2n) is 5.66. The molecule has 0 fully saturated rings. The van der Waals surface area contributed by atoms with Gasteiger partial charge in [-0.05, 0) is 25.0 Å². The first-order valence-corrected chi connectivity index (χ1v) is 7.87. The number of rotatable bonds is 4. The van der Waals surface area contributed by atoms with Crippen molar-refractivity contribution in [2.24, 2.45) is 0 Å². The van der Waals surface area contributed by atoms with E-state index in [2.05, 4.69) is 0 Å². The summed E-state index contributed by atoms with van der Waals surface area (Å²) in [6.45, 7) is 1.92. The summed E-state index contributed by atoms with van der Waals surface area (Å²) in [6, 6.07) is 7.46. The van der Waals surface area contributed by atoms with Gasteiger partial charge in [-0.15, -0.1) is 0 Å². The van der Waals surface area contributed by atoms with Crippen LogP contribution in [0.1, 0.15) is 50.8 Å². The van der Waals surface area contributed by atoms with Crippen LogP contribution < -0.4 is 0 Å². The maximum Gasteiger partial charge on any atom is 0.306 e. The van der Waals surface area contributed by atoms with Gasteiger partial charge in [0, 0.05) is 17.5 Å². The summed E-state index contributed by atoms with van der Waals surface area (Å²) < 4.78 is 4.83. The first-order chi connectivity index (χ1) is 12.0. The fourth-order valence-corrected chi connectivity index (χ4v) is 2.97. The van der Waals surface area contributed by atoms with Crippen LogP contribution in [0.4, 0.5) is 0 Å². The molecule has 2 N–H and O–H groups in total. The van der Waals surface area contributed by atoms with Crippen molar-refractivity contribution in [3.8, 4) is 11.5 Å². The number of phenols is 2. The third-order valence-electron chi connectivity index (χ3n) is 4.13. The summed E-state index contributed by atoms with van der Waals surface area (Å²) in [6.07, 6.45) is 0.0625. The number of fused-ring (bicyclic) bond motifs is 2. The van der Waals surface area contributed by atoms with Crippen LogP contribution in [0.15, 0.2) is 30.3 Å². The summed E-state index contributed by atoms with van der Waals surface area (Å²) >= 11 is 0. The molecular formula is C19H16O6. The summed E-state index contributed by atoms with van der Waals surface area (Å²) in [5.41, 5.74) is 0.152. The molecule has 1 aliphatic carbocycles. The normalized spacial score (nSPS) is 12.5. The zero-order valence-corrected chi connectivity index (χ0v) is 13.5. The maximum atomic E-state index is 12.7. The van der Waals surface area contributed by atoms with E-state index >= 15 is 0 Å². The van der Waals surface area contributed by atoms with Crippen LogP contribution in [0, 0.1) is 0 Å². The van der Waals surface area contributed by atoms with Gasteiger partial charge in [0.05, 0.1) is 17.7 Å². The lowest BCUT2D eigenvalue weighted by molar-refractivity contribution is -0.143. The van der Waals surface area contributed by atoms with Crippen LogP contribution in [0.3, 0.4) is 0 Å². The van der Waals surface area contributed by atoms with Gasteiger partial charge in [0.1, 0.15) is 11.5 Å². The predicted molar refractivity (Wildman–Crippen MR) is 88.0 cm³/mol. The lowest BCUT2D eigenvalue weighted by Crippen LogP contribution is -2.21. The molecule has 1 aliphatic rings. The Kier molecular flexibility index (Phi) is 4.27. The third kappa shape index (κ3) is 2.76. The molecule has 0 aliphatic heterocycles. The molecule has 6 nitrogen and oxygen atoms in total. The second kappa shape index (κ2) is 6.39. The summed E-state index contributed by atoms with van der Waals surface area (Å²) in [7, 11) is 0. The average Bonchev–Trinajstić information content (AvgIpc) is 2.60. The fourth-order valence-electron chi connectivity index (χ4n) is 2.97. The van der Waals surface area contributed by atoms with E-state index < -0.39 is 17.5 Å². The van der Waals surface area contributed by atoms with Crippen molar-refractivity contribution in [3.05, 3.63) is 58.1 Å². The van der Waals surface area contributed by atoms with Crippen molar-refractivity contribution in [2.75, 3.05) is 6.61 Å². The lowest BCUT2D eigenvalue weighted by Gasteiger charge is -2.21. The molecule has 0 unspecified atom stereocenters. The van der Waals surface area contributed by atoms with Crippen molar-refractivity contribution < 1.29 is 29.3 Å². The molecule has 0 aromatic heterocycles. The smallest absolute Gasteiger partial charge is 0.306 e. The molecule has 0 spiro atoms. The third-order valence-corrected chi connectivity index (χ3v) is 4.13. The van der Waals surface area contributed by atoms with Crippen molar-refractivity contribution in [1.29, 1.82) is 0 Å². The van der Waals surface area contributed by atoms with E-state index in [1.54, 1.807) is 19.1 Å². The van der Waals surface area contributed by atoms with E-state index in [9.17, 15) is 24.6 Å². The molecule has 2 aromatic rings. The largest absolute Gasteiger partial charge is 0.507 e. The quantitative estimate of drug-likeness (QED) is 0.558. The number of benzene rings is 2. The van der Waals surface area contributed by atoms with Gasteiger partial charge < -0.3 is 14.9 Å². The Morgan fingerprint density at radius 1 is 1.04 bits per heavy atom. The number of hydrogen-bond donors (Lipinski definition) is 2. The van der Waals surface area contributed by atoms with E-state index in [0.29, 0.717) is 0 Å². The summed E-state index contributed by atoms with van der Waals surface area (Å²) in [5, 5.41) is 20.7. The van der Waals surface area contributed by atoms with Crippen molar-refractivity contribution >= 4 is 17.5 Å². The first kappa shape index (κ1) is 16.7. The number of esters is 1. The van der Waals surface area contributed by atoms with Crippen molar-refractivity contribution in [1.82, 2.24) is 0 Å². The van der Waals surface area contributed by atoms with Crippen LogP contribution in [0.25, 0.3) is 0 Å². The van der Waals surface area contributed by atoms with E-state index in [4.69, 9.17) is 4.74 Å². The minimum Gasteiger partial charge on any atom is -0.507 e. The number of carbonyl (C=O) groups excluding carboxylic acids is 3.